The van der Waals surface area contributed by atoms with Crippen molar-refractivity contribution in [2.45, 2.75) is 18.8 Å². The first-order chi connectivity index (χ1) is 8.15. The summed E-state index contributed by atoms with van der Waals surface area (Å²) >= 11 is 1.60. The minimum atomic E-state index is -0.736. The van der Waals surface area contributed by atoms with Gasteiger partial charge in [0.2, 0.25) is 5.91 Å². The van der Waals surface area contributed by atoms with Crippen LogP contribution in [-0.2, 0) is 11.3 Å². The SMILES string of the molecule is O=C(CN1CC(O)C(O)C1)NCc1cccs1. The zero-order valence-corrected chi connectivity index (χ0v) is 10.2. The van der Waals surface area contributed by atoms with Gasteiger partial charge < -0.3 is 15.5 Å². The van der Waals surface area contributed by atoms with E-state index in [-0.39, 0.29) is 12.5 Å². The van der Waals surface area contributed by atoms with Gasteiger partial charge in [-0.05, 0) is 11.4 Å². The number of nitrogens with zero attached hydrogens (tertiary/aromatic N) is 1. The smallest absolute Gasteiger partial charge is 0.234 e. The maximum Gasteiger partial charge on any atom is 0.234 e. The number of carbonyl (C=O) groups excluding carboxylic acids is 1. The lowest BCUT2D eigenvalue weighted by Crippen LogP contribution is -2.36. The number of carbonyl (C=O) groups is 1. The topological polar surface area (TPSA) is 72.8 Å². The number of aliphatic hydroxyl groups excluding tert-OH is 2. The van der Waals surface area contributed by atoms with E-state index in [9.17, 15) is 15.0 Å². The Kier molecular flexibility index (Phi) is 4.11. The van der Waals surface area contributed by atoms with E-state index in [4.69, 9.17) is 0 Å². The first kappa shape index (κ1) is 12.5. The average molecular weight is 256 g/mol. The van der Waals surface area contributed by atoms with E-state index < -0.39 is 12.2 Å². The van der Waals surface area contributed by atoms with Gasteiger partial charge in [-0.2, -0.15) is 0 Å². The maximum absolute atomic E-state index is 11.6. The van der Waals surface area contributed by atoms with Crippen molar-refractivity contribution in [1.29, 1.82) is 0 Å². The summed E-state index contributed by atoms with van der Waals surface area (Å²) in [5.41, 5.74) is 0. The van der Waals surface area contributed by atoms with Gasteiger partial charge in [-0.3, -0.25) is 9.69 Å². The third-order valence-corrected chi connectivity index (χ3v) is 3.62. The van der Waals surface area contributed by atoms with Crippen LogP contribution < -0.4 is 5.32 Å². The van der Waals surface area contributed by atoms with Crippen molar-refractivity contribution < 1.29 is 15.0 Å². The van der Waals surface area contributed by atoms with Gasteiger partial charge in [-0.25, -0.2) is 0 Å². The third kappa shape index (κ3) is 3.50. The van der Waals surface area contributed by atoms with E-state index in [0.29, 0.717) is 19.6 Å². The van der Waals surface area contributed by atoms with Gasteiger partial charge in [0.15, 0.2) is 0 Å². The van der Waals surface area contributed by atoms with E-state index in [1.165, 1.54) is 0 Å². The largest absolute Gasteiger partial charge is 0.389 e. The molecule has 0 radical (unpaired) electrons. The highest BCUT2D eigenvalue weighted by Gasteiger charge is 2.30. The van der Waals surface area contributed by atoms with Crippen LogP contribution in [-0.4, -0.2) is 52.9 Å². The standard InChI is InChI=1S/C11H16N2O3S/c14-9-5-13(6-10(9)15)7-11(16)12-4-8-2-1-3-17-8/h1-3,9-10,14-15H,4-7H2,(H,12,16). The zero-order valence-electron chi connectivity index (χ0n) is 9.37. The van der Waals surface area contributed by atoms with Gasteiger partial charge in [0.1, 0.15) is 0 Å². The zero-order chi connectivity index (χ0) is 12.3. The number of thiophene rings is 1. The van der Waals surface area contributed by atoms with Gasteiger partial charge in [0.05, 0.1) is 25.3 Å². The van der Waals surface area contributed by atoms with Gasteiger partial charge >= 0.3 is 0 Å². The number of amides is 1. The summed E-state index contributed by atoms with van der Waals surface area (Å²) in [6, 6.07) is 3.91. The molecule has 1 amide bonds. The van der Waals surface area contributed by atoms with Crippen molar-refractivity contribution in [3.8, 4) is 0 Å². The minimum Gasteiger partial charge on any atom is -0.389 e. The monoisotopic (exact) mass is 256 g/mol. The number of likely N-dealkylation sites (tertiary alicyclic amines) is 1. The quantitative estimate of drug-likeness (QED) is 0.673. The summed E-state index contributed by atoms with van der Waals surface area (Å²) in [6.45, 7) is 1.47. The molecular weight excluding hydrogens is 240 g/mol. The lowest BCUT2D eigenvalue weighted by molar-refractivity contribution is -0.122. The Morgan fingerprint density at radius 1 is 1.47 bits per heavy atom. The molecule has 1 aliphatic heterocycles. The van der Waals surface area contributed by atoms with Crippen LogP contribution in [0.25, 0.3) is 0 Å². The summed E-state index contributed by atoms with van der Waals surface area (Å²) in [7, 11) is 0. The Labute approximate surface area is 104 Å². The molecule has 6 heteroatoms. The fourth-order valence-corrected chi connectivity index (χ4v) is 2.48. The number of hydrogen-bond acceptors (Lipinski definition) is 5. The second kappa shape index (κ2) is 5.59. The molecule has 2 unspecified atom stereocenters. The van der Waals surface area contributed by atoms with Crippen LogP contribution in [0.2, 0.25) is 0 Å². The van der Waals surface area contributed by atoms with Crippen LogP contribution in [0.4, 0.5) is 0 Å². The normalized spacial score (nSPS) is 25.1. The average Bonchev–Trinajstić information content (AvgIpc) is 2.87. The van der Waals surface area contributed by atoms with Crippen LogP contribution in [0.1, 0.15) is 4.88 Å². The molecule has 2 heterocycles. The first-order valence-electron chi connectivity index (χ1n) is 5.52. The number of β-amino-alcohol motifs (C(OH)–C–C–N with tert-alkyl or cyclic N) is 2. The van der Waals surface area contributed by atoms with E-state index in [1.807, 2.05) is 17.5 Å². The summed E-state index contributed by atoms with van der Waals surface area (Å²) in [6.07, 6.45) is -1.47. The first-order valence-corrected chi connectivity index (χ1v) is 6.40. The van der Waals surface area contributed by atoms with Gasteiger partial charge in [-0.15, -0.1) is 11.3 Å². The summed E-state index contributed by atoms with van der Waals surface area (Å²) in [4.78, 5) is 14.5. The van der Waals surface area contributed by atoms with Crippen molar-refractivity contribution >= 4 is 17.2 Å². The second-order valence-corrected chi connectivity index (χ2v) is 5.22. The molecule has 2 rings (SSSR count). The molecule has 0 saturated carbocycles. The Bertz CT molecular complexity index is 359. The molecule has 3 N–H and O–H groups in total. The summed E-state index contributed by atoms with van der Waals surface area (Å²) in [5.74, 6) is -0.0836. The second-order valence-electron chi connectivity index (χ2n) is 4.18. The molecule has 0 aromatic carbocycles. The summed E-state index contributed by atoms with van der Waals surface area (Å²) in [5, 5.41) is 23.5. The molecule has 94 valence electrons. The van der Waals surface area contributed by atoms with Crippen molar-refractivity contribution in [2.24, 2.45) is 0 Å². The van der Waals surface area contributed by atoms with Crippen molar-refractivity contribution in [2.75, 3.05) is 19.6 Å². The molecule has 1 saturated heterocycles. The van der Waals surface area contributed by atoms with Crippen molar-refractivity contribution in [3.63, 3.8) is 0 Å². The maximum atomic E-state index is 11.6. The minimum absolute atomic E-state index is 0.0836. The number of nitrogens with one attached hydrogen (secondary N) is 1. The van der Waals surface area contributed by atoms with E-state index >= 15 is 0 Å². The van der Waals surface area contributed by atoms with E-state index in [2.05, 4.69) is 5.32 Å². The molecular formula is C11H16N2O3S. The fraction of sp³-hybridized carbons (Fsp3) is 0.545. The predicted octanol–water partition coefficient (Wildman–Crippen LogP) is -0.598. The number of rotatable bonds is 4. The van der Waals surface area contributed by atoms with Crippen LogP contribution in [0.3, 0.4) is 0 Å². The van der Waals surface area contributed by atoms with Crippen molar-refractivity contribution in [1.82, 2.24) is 10.2 Å². The lowest BCUT2D eigenvalue weighted by atomic mass is 10.3. The van der Waals surface area contributed by atoms with Crippen LogP contribution in [0.5, 0.6) is 0 Å². The molecule has 2 atom stereocenters. The van der Waals surface area contributed by atoms with E-state index in [1.54, 1.807) is 16.2 Å². The molecule has 17 heavy (non-hydrogen) atoms. The Hall–Kier alpha value is -0.950. The molecule has 1 aromatic heterocycles. The fourth-order valence-electron chi connectivity index (χ4n) is 1.83. The highest BCUT2D eigenvalue weighted by Crippen LogP contribution is 2.10. The Balaban J connectivity index is 1.71. The van der Waals surface area contributed by atoms with E-state index in [0.717, 1.165) is 4.88 Å². The molecule has 0 aliphatic carbocycles. The van der Waals surface area contributed by atoms with Crippen LogP contribution in [0, 0.1) is 0 Å². The van der Waals surface area contributed by atoms with Crippen LogP contribution in [0.15, 0.2) is 17.5 Å². The van der Waals surface area contributed by atoms with Crippen molar-refractivity contribution in [3.05, 3.63) is 22.4 Å². The number of hydrogen-bond donors (Lipinski definition) is 3. The van der Waals surface area contributed by atoms with Gasteiger partial charge in [0.25, 0.3) is 0 Å². The molecule has 5 nitrogen and oxygen atoms in total. The molecule has 0 spiro atoms. The highest BCUT2D eigenvalue weighted by molar-refractivity contribution is 7.09. The Morgan fingerprint density at radius 2 is 2.18 bits per heavy atom. The predicted molar refractivity (Wildman–Crippen MR) is 64.6 cm³/mol. The molecule has 1 aromatic rings. The number of aliphatic hydroxyl groups is 2. The highest BCUT2D eigenvalue weighted by atomic mass is 32.1. The lowest BCUT2D eigenvalue weighted by Gasteiger charge is -2.13. The summed E-state index contributed by atoms with van der Waals surface area (Å²) < 4.78 is 0. The molecule has 1 aliphatic rings. The molecule has 0 bridgehead atoms. The van der Waals surface area contributed by atoms with Gasteiger partial charge in [-0.1, -0.05) is 6.07 Å². The third-order valence-electron chi connectivity index (χ3n) is 2.74. The Morgan fingerprint density at radius 3 is 2.76 bits per heavy atom. The molecule has 1 fully saturated rings. The van der Waals surface area contributed by atoms with Gasteiger partial charge in [0, 0.05) is 18.0 Å². The van der Waals surface area contributed by atoms with Crippen LogP contribution >= 0.6 is 11.3 Å².